The molecule has 36 heavy (non-hydrogen) atoms. The molecule has 3 aromatic rings. The number of halogens is 2. The van der Waals surface area contributed by atoms with Crippen molar-refractivity contribution >= 4 is 40.7 Å². The second kappa shape index (κ2) is 10.9. The topological polar surface area (TPSA) is 61.4 Å². The first-order valence-electron chi connectivity index (χ1n) is 12.5. The van der Waals surface area contributed by atoms with Crippen molar-refractivity contribution in [2.45, 2.75) is 44.2 Å². The van der Waals surface area contributed by atoms with Crippen LogP contribution >= 0.6 is 23.2 Å². The minimum atomic E-state index is -0.192. The molecule has 5 rings (SSSR count). The van der Waals surface area contributed by atoms with Crippen molar-refractivity contribution in [3.63, 3.8) is 0 Å². The number of carbonyl (C=O) groups is 2. The Hall–Kier alpha value is -3.02. The van der Waals surface area contributed by atoms with Crippen LogP contribution in [0.15, 0.2) is 66.7 Å². The second-order valence-electron chi connectivity index (χ2n) is 9.49. The zero-order valence-corrected chi connectivity index (χ0v) is 21.5. The quantitative estimate of drug-likeness (QED) is 0.420. The summed E-state index contributed by atoms with van der Waals surface area (Å²) in [6.45, 7) is 1.49. The van der Waals surface area contributed by atoms with Crippen molar-refractivity contribution in [2.75, 3.05) is 18.0 Å². The molecule has 1 atom stereocenters. The van der Waals surface area contributed by atoms with Crippen molar-refractivity contribution in [3.8, 4) is 0 Å². The third-order valence-corrected chi connectivity index (χ3v) is 7.72. The van der Waals surface area contributed by atoms with Crippen molar-refractivity contribution in [1.82, 2.24) is 10.6 Å². The summed E-state index contributed by atoms with van der Waals surface area (Å²) in [5, 5.41) is 7.23. The Kier molecular flexibility index (Phi) is 7.49. The van der Waals surface area contributed by atoms with Crippen LogP contribution in [0.3, 0.4) is 0 Å². The van der Waals surface area contributed by atoms with E-state index in [0.717, 1.165) is 50.9 Å². The minimum Gasteiger partial charge on any atom is -0.371 e. The number of amides is 2. The molecule has 0 saturated carbocycles. The van der Waals surface area contributed by atoms with Gasteiger partial charge in [-0.05, 0) is 73.6 Å². The number of carbonyl (C=O) groups excluding carboxylic acids is 2. The second-order valence-corrected chi connectivity index (χ2v) is 10.3. The Morgan fingerprint density at radius 1 is 0.806 bits per heavy atom. The van der Waals surface area contributed by atoms with Crippen molar-refractivity contribution in [1.29, 1.82) is 0 Å². The molecule has 1 aliphatic heterocycles. The first-order chi connectivity index (χ1) is 17.5. The Balaban J connectivity index is 1.23. The number of aryl methyl sites for hydroxylation is 1. The lowest BCUT2D eigenvalue weighted by Gasteiger charge is -2.35. The molecule has 2 aliphatic rings. The van der Waals surface area contributed by atoms with Gasteiger partial charge in [0, 0.05) is 29.8 Å². The molecule has 5 nitrogen and oxygen atoms in total. The van der Waals surface area contributed by atoms with E-state index in [4.69, 9.17) is 23.2 Å². The molecular weight excluding hydrogens is 493 g/mol. The fraction of sp³-hybridized carbons (Fsp3) is 0.310. The zero-order valence-electron chi connectivity index (χ0n) is 20.0. The van der Waals surface area contributed by atoms with Gasteiger partial charge in [-0.2, -0.15) is 0 Å². The van der Waals surface area contributed by atoms with E-state index >= 15 is 0 Å². The highest BCUT2D eigenvalue weighted by Crippen LogP contribution is 2.31. The SMILES string of the molecule is O=C(NC1CCN(c2ccccc2C(=O)N[C@H]2CCCc3ccccc32)CC1)c1ccc(Cl)cc1Cl. The number of nitrogens with one attached hydrogen (secondary N) is 2. The smallest absolute Gasteiger partial charge is 0.253 e. The van der Waals surface area contributed by atoms with Crippen molar-refractivity contribution < 1.29 is 9.59 Å². The molecule has 7 heteroatoms. The number of benzene rings is 3. The Bertz CT molecular complexity index is 1270. The number of para-hydroxylation sites is 1. The van der Waals surface area contributed by atoms with Crippen molar-refractivity contribution in [2.24, 2.45) is 0 Å². The van der Waals surface area contributed by atoms with Gasteiger partial charge in [-0.25, -0.2) is 0 Å². The zero-order chi connectivity index (χ0) is 25.1. The van der Waals surface area contributed by atoms with Crippen LogP contribution in [0.2, 0.25) is 10.0 Å². The maximum Gasteiger partial charge on any atom is 0.253 e. The molecule has 1 heterocycles. The summed E-state index contributed by atoms with van der Waals surface area (Å²) in [5.41, 5.74) is 4.61. The molecule has 2 amide bonds. The predicted molar refractivity (Wildman–Crippen MR) is 145 cm³/mol. The molecular formula is C29H29Cl2N3O2. The van der Waals surface area contributed by atoms with Gasteiger partial charge < -0.3 is 15.5 Å². The molecule has 1 aliphatic carbocycles. The van der Waals surface area contributed by atoms with Gasteiger partial charge in [0.25, 0.3) is 11.8 Å². The standard InChI is InChI=1S/C29H29Cl2N3O2/c30-20-12-13-23(25(31)18-20)28(35)32-21-14-16-34(17-15-21)27-11-4-3-9-24(27)29(36)33-26-10-5-7-19-6-1-2-8-22(19)26/h1-4,6,8-9,11-13,18,21,26H,5,7,10,14-17H2,(H,32,35)(H,33,36)/t26-/m0/s1. The number of hydrogen-bond acceptors (Lipinski definition) is 3. The van der Waals surface area contributed by atoms with Crippen LogP contribution in [-0.2, 0) is 6.42 Å². The summed E-state index contributed by atoms with van der Waals surface area (Å²) in [6.07, 6.45) is 4.65. The molecule has 0 bridgehead atoms. The number of piperidine rings is 1. The van der Waals surface area contributed by atoms with Gasteiger partial charge in [0.15, 0.2) is 0 Å². The van der Waals surface area contributed by atoms with Gasteiger partial charge in [0.1, 0.15) is 0 Å². The van der Waals surface area contributed by atoms with E-state index in [0.29, 0.717) is 21.2 Å². The normalized spacial score (nSPS) is 17.8. The van der Waals surface area contributed by atoms with Crippen LogP contribution in [-0.4, -0.2) is 30.9 Å². The number of anilines is 1. The highest BCUT2D eigenvalue weighted by Gasteiger charge is 2.27. The lowest BCUT2D eigenvalue weighted by atomic mass is 9.87. The van der Waals surface area contributed by atoms with Crippen LogP contribution in [0.4, 0.5) is 5.69 Å². The monoisotopic (exact) mass is 521 g/mol. The minimum absolute atomic E-state index is 0.0381. The first kappa shape index (κ1) is 24.7. The van der Waals surface area contributed by atoms with Gasteiger partial charge in [-0.3, -0.25) is 9.59 Å². The number of fused-ring (bicyclic) bond motifs is 1. The fourth-order valence-electron chi connectivity index (χ4n) is 5.28. The molecule has 0 aromatic heterocycles. The number of rotatable bonds is 5. The van der Waals surface area contributed by atoms with E-state index in [1.807, 2.05) is 30.3 Å². The number of hydrogen-bond donors (Lipinski definition) is 2. The van der Waals surface area contributed by atoms with Crippen LogP contribution in [0, 0.1) is 0 Å². The summed E-state index contributed by atoms with van der Waals surface area (Å²) in [4.78, 5) is 28.3. The van der Waals surface area contributed by atoms with E-state index in [1.54, 1.807) is 18.2 Å². The van der Waals surface area contributed by atoms with Gasteiger partial charge in [0.2, 0.25) is 0 Å². The largest absolute Gasteiger partial charge is 0.371 e. The molecule has 186 valence electrons. The first-order valence-corrected chi connectivity index (χ1v) is 13.2. The third kappa shape index (κ3) is 5.37. The van der Waals surface area contributed by atoms with E-state index in [-0.39, 0.29) is 23.9 Å². The predicted octanol–water partition coefficient (Wildman–Crippen LogP) is 6.20. The molecule has 1 fully saturated rings. The lowest BCUT2D eigenvalue weighted by molar-refractivity contribution is 0.0926. The molecule has 0 unspecified atom stereocenters. The van der Waals surface area contributed by atoms with Gasteiger partial charge in [-0.1, -0.05) is 59.6 Å². The summed E-state index contributed by atoms with van der Waals surface area (Å²) in [7, 11) is 0. The Morgan fingerprint density at radius 2 is 1.53 bits per heavy atom. The Labute approximate surface area is 221 Å². The molecule has 0 spiro atoms. The third-order valence-electron chi connectivity index (χ3n) is 7.17. The maximum absolute atomic E-state index is 13.4. The summed E-state index contributed by atoms with van der Waals surface area (Å²) in [6, 6.07) is 21.2. The summed E-state index contributed by atoms with van der Waals surface area (Å²) >= 11 is 12.1. The lowest BCUT2D eigenvalue weighted by Crippen LogP contribution is -2.45. The van der Waals surface area contributed by atoms with E-state index < -0.39 is 0 Å². The highest BCUT2D eigenvalue weighted by atomic mass is 35.5. The molecule has 1 saturated heterocycles. The summed E-state index contributed by atoms with van der Waals surface area (Å²) in [5.74, 6) is -0.234. The van der Waals surface area contributed by atoms with Crippen LogP contribution in [0.1, 0.15) is 63.6 Å². The van der Waals surface area contributed by atoms with Gasteiger partial charge in [0.05, 0.1) is 22.2 Å². The van der Waals surface area contributed by atoms with Crippen molar-refractivity contribution in [3.05, 3.63) is 99.0 Å². The van der Waals surface area contributed by atoms with Gasteiger partial charge in [-0.15, -0.1) is 0 Å². The maximum atomic E-state index is 13.4. The number of nitrogens with zero attached hydrogens (tertiary/aromatic N) is 1. The van der Waals surface area contributed by atoms with Gasteiger partial charge >= 0.3 is 0 Å². The van der Waals surface area contributed by atoms with E-state index in [2.05, 4.69) is 33.7 Å². The van der Waals surface area contributed by atoms with Crippen LogP contribution < -0.4 is 15.5 Å². The average molecular weight is 522 g/mol. The summed E-state index contributed by atoms with van der Waals surface area (Å²) < 4.78 is 0. The molecule has 3 aromatic carbocycles. The molecule has 2 N–H and O–H groups in total. The van der Waals surface area contributed by atoms with Crippen LogP contribution in [0.25, 0.3) is 0 Å². The molecule has 0 radical (unpaired) electrons. The highest BCUT2D eigenvalue weighted by molar-refractivity contribution is 6.36. The average Bonchev–Trinajstić information content (AvgIpc) is 2.89. The van der Waals surface area contributed by atoms with Crippen LogP contribution in [0.5, 0.6) is 0 Å². The van der Waals surface area contributed by atoms with E-state index in [9.17, 15) is 9.59 Å². The fourth-order valence-corrected chi connectivity index (χ4v) is 5.78. The van der Waals surface area contributed by atoms with E-state index in [1.165, 1.54) is 11.1 Å². The Morgan fingerprint density at radius 3 is 2.33 bits per heavy atom.